The lowest BCUT2D eigenvalue weighted by Crippen LogP contribution is -2.18. The zero-order chi connectivity index (χ0) is 20.3. The fourth-order valence-electron chi connectivity index (χ4n) is 2.56. The summed E-state index contributed by atoms with van der Waals surface area (Å²) < 4.78 is 45.7. The third-order valence-electron chi connectivity index (χ3n) is 3.92. The lowest BCUT2D eigenvalue weighted by Gasteiger charge is -2.13. The third-order valence-corrected chi connectivity index (χ3v) is 3.92. The molecular weight excluding hydrogens is 371 g/mol. The van der Waals surface area contributed by atoms with Gasteiger partial charge in [-0.15, -0.1) is 0 Å². The van der Waals surface area contributed by atoms with Gasteiger partial charge in [0.1, 0.15) is 11.6 Å². The minimum absolute atomic E-state index is 0.0233. The van der Waals surface area contributed by atoms with Crippen molar-refractivity contribution in [3.8, 4) is 11.8 Å². The highest BCUT2D eigenvalue weighted by atomic mass is 19.1. The van der Waals surface area contributed by atoms with Crippen LogP contribution in [0.25, 0.3) is 0 Å². The maximum atomic E-state index is 13.7. The van der Waals surface area contributed by atoms with E-state index in [0.717, 1.165) is 12.1 Å². The maximum Gasteiger partial charge on any atom is 0.322 e. The Kier molecular flexibility index (Phi) is 5.58. The molecule has 28 heavy (non-hydrogen) atoms. The predicted octanol–water partition coefficient (Wildman–Crippen LogP) is 4.48. The topological polar surface area (TPSA) is 64.1 Å². The van der Waals surface area contributed by atoms with Crippen LogP contribution < -0.4 is 10.1 Å². The van der Waals surface area contributed by atoms with Crippen LogP contribution in [0.5, 0.6) is 11.8 Å². The molecule has 3 rings (SSSR count). The first-order valence-electron chi connectivity index (χ1n) is 8.35. The van der Waals surface area contributed by atoms with Crippen LogP contribution >= 0.6 is 0 Å². The minimum atomic E-state index is -0.798. The summed E-state index contributed by atoms with van der Waals surface area (Å²) in [7, 11) is 0. The Labute approximate surface area is 159 Å². The lowest BCUT2D eigenvalue weighted by atomic mass is 10.1. The van der Waals surface area contributed by atoms with E-state index in [1.54, 1.807) is 19.9 Å². The summed E-state index contributed by atoms with van der Waals surface area (Å²) in [6, 6.07) is 8.78. The van der Waals surface area contributed by atoms with E-state index in [-0.39, 0.29) is 23.7 Å². The molecule has 0 aliphatic rings. The highest BCUT2D eigenvalue weighted by molar-refractivity contribution is 5.93. The van der Waals surface area contributed by atoms with Crippen molar-refractivity contribution < 1.29 is 22.7 Å². The average molecular weight is 387 g/mol. The molecule has 1 N–H and O–H groups in total. The van der Waals surface area contributed by atoms with Gasteiger partial charge in [0.25, 0.3) is 0 Å². The number of amides is 1. The first-order chi connectivity index (χ1) is 13.3. The Balaban J connectivity index is 1.75. The average Bonchev–Trinajstić information content (AvgIpc) is 2.63. The quantitative estimate of drug-likeness (QED) is 0.701. The van der Waals surface area contributed by atoms with E-state index in [0.29, 0.717) is 17.1 Å². The van der Waals surface area contributed by atoms with Crippen LogP contribution in [0.15, 0.2) is 42.5 Å². The van der Waals surface area contributed by atoms with Crippen molar-refractivity contribution in [2.24, 2.45) is 0 Å². The fourth-order valence-corrected chi connectivity index (χ4v) is 2.56. The fraction of sp³-hybridized carbons (Fsp3) is 0.150. The van der Waals surface area contributed by atoms with Gasteiger partial charge in [-0.1, -0.05) is 18.2 Å². The summed E-state index contributed by atoms with van der Waals surface area (Å²) in [5.74, 6) is -2.60. The van der Waals surface area contributed by atoms with Gasteiger partial charge in [-0.25, -0.2) is 13.2 Å². The molecule has 0 saturated heterocycles. The largest absolute Gasteiger partial charge is 0.421 e. The number of benzene rings is 2. The van der Waals surface area contributed by atoms with Crippen LogP contribution in [-0.4, -0.2) is 15.9 Å². The normalized spacial score (nSPS) is 10.6. The Morgan fingerprint density at radius 3 is 2.32 bits per heavy atom. The van der Waals surface area contributed by atoms with Gasteiger partial charge in [0, 0.05) is 6.07 Å². The smallest absolute Gasteiger partial charge is 0.322 e. The number of para-hydroxylation sites is 1. The van der Waals surface area contributed by atoms with E-state index in [4.69, 9.17) is 4.74 Å². The van der Waals surface area contributed by atoms with Crippen molar-refractivity contribution in [3.05, 3.63) is 76.9 Å². The van der Waals surface area contributed by atoms with E-state index in [1.165, 1.54) is 24.3 Å². The van der Waals surface area contributed by atoms with Gasteiger partial charge in [-0.3, -0.25) is 4.79 Å². The first kappa shape index (κ1) is 19.3. The molecule has 3 aromatic rings. The Morgan fingerprint density at radius 2 is 1.68 bits per heavy atom. The first-order valence-corrected chi connectivity index (χ1v) is 8.35. The van der Waals surface area contributed by atoms with Crippen molar-refractivity contribution in [1.82, 2.24) is 9.97 Å². The number of ether oxygens (including phenoxy) is 1. The van der Waals surface area contributed by atoms with Crippen molar-refractivity contribution in [2.45, 2.75) is 20.3 Å². The molecule has 5 nitrogen and oxygen atoms in total. The molecular formula is C20H16F3N3O2. The van der Waals surface area contributed by atoms with Crippen LogP contribution in [0.3, 0.4) is 0 Å². The SMILES string of the molecule is Cc1nc(Oc2ccccc2F)nc(C)c1NC(=O)Cc1ccc(F)cc1F. The van der Waals surface area contributed by atoms with Gasteiger partial charge >= 0.3 is 6.01 Å². The number of hydrogen-bond donors (Lipinski definition) is 1. The standard InChI is InChI=1S/C20H16F3N3O2/c1-11-19(26-18(27)9-13-7-8-14(21)10-16(13)23)12(2)25-20(24-11)28-17-6-4-3-5-15(17)22/h3-8,10H,9H2,1-2H3,(H,26,27). The number of nitrogens with zero attached hydrogens (tertiary/aromatic N) is 2. The predicted molar refractivity (Wildman–Crippen MR) is 96.7 cm³/mol. The molecule has 2 aromatic carbocycles. The number of rotatable bonds is 5. The zero-order valence-electron chi connectivity index (χ0n) is 15.1. The van der Waals surface area contributed by atoms with Crippen LogP contribution in [0, 0.1) is 31.3 Å². The number of nitrogens with one attached hydrogen (secondary N) is 1. The number of carbonyl (C=O) groups is 1. The van der Waals surface area contributed by atoms with Crippen molar-refractivity contribution in [3.63, 3.8) is 0 Å². The third kappa shape index (κ3) is 4.46. The van der Waals surface area contributed by atoms with E-state index in [1.807, 2.05) is 0 Å². The second-order valence-electron chi connectivity index (χ2n) is 6.05. The molecule has 0 aliphatic carbocycles. The van der Waals surface area contributed by atoms with Crippen LogP contribution in [0.4, 0.5) is 18.9 Å². The minimum Gasteiger partial charge on any atom is -0.421 e. The summed E-state index contributed by atoms with van der Waals surface area (Å²) in [6.45, 7) is 3.24. The van der Waals surface area contributed by atoms with Gasteiger partial charge in [0.2, 0.25) is 5.91 Å². The Hall–Kier alpha value is -3.42. The lowest BCUT2D eigenvalue weighted by molar-refractivity contribution is -0.115. The van der Waals surface area contributed by atoms with E-state index in [9.17, 15) is 18.0 Å². The second-order valence-corrected chi connectivity index (χ2v) is 6.05. The highest BCUT2D eigenvalue weighted by Crippen LogP contribution is 2.25. The molecule has 0 spiro atoms. The number of hydrogen-bond acceptors (Lipinski definition) is 4. The number of aryl methyl sites for hydroxylation is 2. The summed E-state index contributed by atoms with van der Waals surface area (Å²) >= 11 is 0. The van der Waals surface area contributed by atoms with Crippen LogP contribution in [0.2, 0.25) is 0 Å². The monoisotopic (exact) mass is 387 g/mol. The number of halogens is 3. The van der Waals surface area contributed by atoms with Gasteiger partial charge in [-0.2, -0.15) is 9.97 Å². The maximum absolute atomic E-state index is 13.7. The molecule has 1 aromatic heterocycles. The number of anilines is 1. The van der Waals surface area contributed by atoms with E-state index in [2.05, 4.69) is 15.3 Å². The molecule has 0 saturated carbocycles. The Morgan fingerprint density at radius 1 is 1.00 bits per heavy atom. The number of aromatic nitrogens is 2. The summed E-state index contributed by atoms with van der Waals surface area (Å²) in [5.41, 5.74) is 1.20. The van der Waals surface area contributed by atoms with Crippen molar-refractivity contribution >= 4 is 11.6 Å². The highest BCUT2D eigenvalue weighted by Gasteiger charge is 2.15. The zero-order valence-corrected chi connectivity index (χ0v) is 15.1. The van der Waals surface area contributed by atoms with Gasteiger partial charge in [-0.05, 0) is 37.6 Å². The van der Waals surface area contributed by atoms with Gasteiger partial charge < -0.3 is 10.1 Å². The summed E-state index contributed by atoms with van der Waals surface area (Å²) in [6.07, 6.45) is -0.279. The molecule has 0 aliphatic heterocycles. The molecule has 1 heterocycles. The van der Waals surface area contributed by atoms with E-state index < -0.39 is 23.4 Å². The van der Waals surface area contributed by atoms with Crippen molar-refractivity contribution in [1.29, 1.82) is 0 Å². The summed E-state index contributed by atoms with van der Waals surface area (Å²) in [5, 5.41) is 2.62. The van der Waals surface area contributed by atoms with Crippen LogP contribution in [0.1, 0.15) is 17.0 Å². The number of carbonyl (C=O) groups excluding carboxylic acids is 1. The summed E-state index contributed by atoms with van der Waals surface area (Å²) in [4.78, 5) is 20.5. The van der Waals surface area contributed by atoms with Gasteiger partial charge in [0.15, 0.2) is 11.6 Å². The molecule has 0 bridgehead atoms. The molecule has 0 fully saturated rings. The molecule has 144 valence electrons. The molecule has 1 amide bonds. The van der Waals surface area contributed by atoms with Crippen LogP contribution in [-0.2, 0) is 11.2 Å². The molecule has 0 atom stereocenters. The van der Waals surface area contributed by atoms with Gasteiger partial charge in [0.05, 0.1) is 23.5 Å². The molecule has 0 radical (unpaired) electrons. The Bertz CT molecular complexity index is 1020. The second kappa shape index (κ2) is 8.08. The molecule has 8 heteroatoms. The molecule has 0 unspecified atom stereocenters. The van der Waals surface area contributed by atoms with Crippen molar-refractivity contribution in [2.75, 3.05) is 5.32 Å². The van der Waals surface area contributed by atoms with E-state index >= 15 is 0 Å².